The zero-order valence-electron chi connectivity index (χ0n) is 13.0. The van der Waals surface area contributed by atoms with Gasteiger partial charge in [-0.25, -0.2) is 0 Å². The standard InChI is InChI=1S/C15H21N5O2/c1-3-13-17-14(22-18-13)11-6-5-9-19(10-11)15(21)12-7-8-16-20(12)4-2/h7-8,11H,3-6,9-10H2,1-2H3. The van der Waals surface area contributed by atoms with Crippen LogP contribution < -0.4 is 0 Å². The number of hydrogen-bond donors (Lipinski definition) is 0. The van der Waals surface area contributed by atoms with Crippen LogP contribution in [-0.2, 0) is 13.0 Å². The van der Waals surface area contributed by atoms with Gasteiger partial charge in [-0.1, -0.05) is 12.1 Å². The third-order valence-corrected chi connectivity index (χ3v) is 4.09. The van der Waals surface area contributed by atoms with Crippen LogP contribution in [0.25, 0.3) is 0 Å². The fraction of sp³-hybridized carbons (Fsp3) is 0.600. The maximum atomic E-state index is 12.7. The zero-order chi connectivity index (χ0) is 15.5. The van der Waals surface area contributed by atoms with E-state index >= 15 is 0 Å². The SMILES string of the molecule is CCc1noc(C2CCCN(C(=O)c3ccnn3CC)C2)n1. The molecule has 0 spiro atoms. The summed E-state index contributed by atoms with van der Waals surface area (Å²) in [6.45, 7) is 6.05. The highest BCUT2D eigenvalue weighted by Crippen LogP contribution is 2.26. The van der Waals surface area contributed by atoms with E-state index in [0.29, 0.717) is 24.7 Å². The summed E-state index contributed by atoms with van der Waals surface area (Å²) in [6, 6.07) is 1.78. The number of piperidine rings is 1. The van der Waals surface area contributed by atoms with Crippen LogP contribution >= 0.6 is 0 Å². The summed E-state index contributed by atoms with van der Waals surface area (Å²) < 4.78 is 7.07. The number of carbonyl (C=O) groups excluding carboxylic acids is 1. The molecule has 0 saturated carbocycles. The van der Waals surface area contributed by atoms with Gasteiger partial charge in [-0.3, -0.25) is 9.48 Å². The Balaban J connectivity index is 1.74. The smallest absolute Gasteiger partial charge is 0.272 e. The Morgan fingerprint density at radius 1 is 1.45 bits per heavy atom. The van der Waals surface area contributed by atoms with Crippen molar-refractivity contribution in [3.63, 3.8) is 0 Å². The van der Waals surface area contributed by atoms with Gasteiger partial charge in [0.2, 0.25) is 5.89 Å². The fourth-order valence-corrected chi connectivity index (χ4v) is 2.87. The molecule has 1 saturated heterocycles. The molecule has 0 aliphatic carbocycles. The predicted molar refractivity (Wildman–Crippen MR) is 79.5 cm³/mol. The van der Waals surface area contributed by atoms with E-state index in [0.717, 1.165) is 31.6 Å². The molecule has 0 N–H and O–H groups in total. The quantitative estimate of drug-likeness (QED) is 0.861. The van der Waals surface area contributed by atoms with E-state index in [4.69, 9.17) is 4.52 Å². The zero-order valence-corrected chi connectivity index (χ0v) is 13.0. The molecule has 118 valence electrons. The van der Waals surface area contributed by atoms with Crippen molar-refractivity contribution in [3.05, 3.63) is 29.7 Å². The lowest BCUT2D eigenvalue weighted by Gasteiger charge is -2.31. The van der Waals surface area contributed by atoms with Crippen molar-refractivity contribution < 1.29 is 9.32 Å². The second-order valence-corrected chi connectivity index (χ2v) is 5.52. The van der Waals surface area contributed by atoms with E-state index in [1.165, 1.54) is 0 Å². The lowest BCUT2D eigenvalue weighted by Crippen LogP contribution is -2.40. The number of amides is 1. The number of likely N-dealkylation sites (tertiary alicyclic amines) is 1. The molecule has 2 aromatic heterocycles. The highest BCUT2D eigenvalue weighted by molar-refractivity contribution is 5.92. The number of aromatic nitrogens is 4. The molecule has 22 heavy (non-hydrogen) atoms. The topological polar surface area (TPSA) is 77.0 Å². The van der Waals surface area contributed by atoms with E-state index in [1.807, 2.05) is 18.7 Å². The van der Waals surface area contributed by atoms with Gasteiger partial charge >= 0.3 is 0 Å². The molecule has 1 atom stereocenters. The van der Waals surface area contributed by atoms with Crippen molar-refractivity contribution in [3.8, 4) is 0 Å². The minimum atomic E-state index is 0.0271. The van der Waals surface area contributed by atoms with Gasteiger partial charge in [-0.15, -0.1) is 0 Å². The van der Waals surface area contributed by atoms with Crippen LogP contribution in [0.3, 0.4) is 0 Å². The number of rotatable bonds is 4. The maximum Gasteiger partial charge on any atom is 0.272 e. The normalized spacial score (nSPS) is 18.6. The van der Waals surface area contributed by atoms with Gasteiger partial charge in [-0.2, -0.15) is 10.1 Å². The molecule has 0 bridgehead atoms. The monoisotopic (exact) mass is 303 g/mol. The van der Waals surface area contributed by atoms with Crippen molar-refractivity contribution in [1.82, 2.24) is 24.8 Å². The van der Waals surface area contributed by atoms with Crippen LogP contribution in [0.5, 0.6) is 0 Å². The van der Waals surface area contributed by atoms with Crippen LogP contribution in [0, 0.1) is 0 Å². The second kappa shape index (κ2) is 6.29. The summed E-state index contributed by atoms with van der Waals surface area (Å²) in [5, 5.41) is 8.12. The van der Waals surface area contributed by atoms with Gasteiger partial charge in [0.15, 0.2) is 5.82 Å². The predicted octanol–water partition coefficient (Wildman–Crippen LogP) is 1.87. The Bertz CT molecular complexity index is 648. The lowest BCUT2D eigenvalue weighted by atomic mass is 9.97. The minimum Gasteiger partial charge on any atom is -0.339 e. The maximum absolute atomic E-state index is 12.7. The number of nitrogens with zero attached hydrogens (tertiary/aromatic N) is 5. The molecule has 1 amide bonds. The van der Waals surface area contributed by atoms with Crippen molar-refractivity contribution >= 4 is 5.91 Å². The molecule has 1 aliphatic heterocycles. The first-order chi connectivity index (χ1) is 10.7. The van der Waals surface area contributed by atoms with Crippen LogP contribution in [0.15, 0.2) is 16.8 Å². The molecular formula is C15H21N5O2. The van der Waals surface area contributed by atoms with E-state index < -0.39 is 0 Å². The van der Waals surface area contributed by atoms with Gasteiger partial charge in [0, 0.05) is 32.3 Å². The summed E-state index contributed by atoms with van der Waals surface area (Å²) in [5.74, 6) is 1.53. The fourth-order valence-electron chi connectivity index (χ4n) is 2.87. The Labute approximate surface area is 129 Å². The van der Waals surface area contributed by atoms with Gasteiger partial charge in [0.1, 0.15) is 5.69 Å². The van der Waals surface area contributed by atoms with Crippen LogP contribution in [0.4, 0.5) is 0 Å². The van der Waals surface area contributed by atoms with Crippen LogP contribution in [-0.4, -0.2) is 43.8 Å². The molecular weight excluding hydrogens is 282 g/mol. The molecule has 7 heteroatoms. The van der Waals surface area contributed by atoms with E-state index in [9.17, 15) is 4.79 Å². The number of carbonyl (C=O) groups is 1. The molecule has 1 fully saturated rings. The first kappa shape index (κ1) is 14.7. The van der Waals surface area contributed by atoms with Crippen molar-refractivity contribution in [2.75, 3.05) is 13.1 Å². The Morgan fingerprint density at radius 3 is 3.05 bits per heavy atom. The Kier molecular flexibility index (Phi) is 4.22. The molecule has 0 radical (unpaired) electrons. The van der Waals surface area contributed by atoms with E-state index in [-0.39, 0.29) is 11.8 Å². The summed E-state index contributed by atoms with van der Waals surface area (Å²) in [6.07, 6.45) is 4.35. The highest BCUT2D eigenvalue weighted by atomic mass is 16.5. The van der Waals surface area contributed by atoms with Crippen molar-refractivity contribution in [2.45, 2.75) is 45.6 Å². The highest BCUT2D eigenvalue weighted by Gasteiger charge is 2.30. The first-order valence-corrected chi connectivity index (χ1v) is 7.86. The third-order valence-electron chi connectivity index (χ3n) is 4.09. The molecule has 1 unspecified atom stereocenters. The summed E-state index contributed by atoms with van der Waals surface area (Å²) in [5.41, 5.74) is 0.642. The van der Waals surface area contributed by atoms with Gasteiger partial charge in [-0.05, 0) is 25.8 Å². The summed E-state index contributed by atoms with van der Waals surface area (Å²) in [7, 11) is 0. The lowest BCUT2D eigenvalue weighted by molar-refractivity contribution is 0.0683. The van der Waals surface area contributed by atoms with Gasteiger partial charge < -0.3 is 9.42 Å². The van der Waals surface area contributed by atoms with Crippen LogP contribution in [0.2, 0.25) is 0 Å². The Hall–Kier alpha value is -2.18. The molecule has 2 aromatic rings. The van der Waals surface area contributed by atoms with E-state index in [2.05, 4.69) is 15.2 Å². The largest absolute Gasteiger partial charge is 0.339 e. The summed E-state index contributed by atoms with van der Waals surface area (Å²) >= 11 is 0. The number of hydrogen-bond acceptors (Lipinski definition) is 5. The third kappa shape index (κ3) is 2.75. The molecule has 3 heterocycles. The Morgan fingerprint density at radius 2 is 2.32 bits per heavy atom. The molecule has 0 aromatic carbocycles. The van der Waals surface area contributed by atoms with Crippen LogP contribution in [0.1, 0.15) is 54.8 Å². The molecule has 3 rings (SSSR count). The summed E-state index contributed by atoms with van der Waals surface area (Å²) in [4.78, 5) is 19.0. The van der Waals surface area contributed by atoms with E-state index in [1.54, 1.807) is 16.9 Å². The van der Waals surface area contributed by atoms with Crippen molar-refractivity contribution in [1.29, 1.82) is 0 Å². The number of aryl methyl sites for hydroxylation is 2. The molecule has 7 nitrogen and oxygen atoms in total. The minimum absolute atomic E-state index is 0.0271. The van der Waals surface area contributed by atoms with Crippen molar-refractivity contribution in [2.24, 2.45) is 0 Å². The average Bonchev–Trinajstić information content (AvgIpc) is 3.23. The first-order valence-electron chi connectivity index (χ1n) is 7.86. The second-order valence-electron chi connectivity index (χ2n) is 5.52. The molecule has 1 aliphatic rings. The van der Waals surface area contributed by atoms with Gasteiger partial charge in [0.05, 0.1) is 5.92 Å². The van der Waals surface area contributed by atoms with Gasteiger partial charge in [0.25, 0.3) is 5.91 Å². The average molecular weight is 303 g/mol.